The third kappa shape index (κ3) is 8.47. The van der Waals surface area contributed by atoms with E-state index in [-0.39, 0.29) is 19.2 Å². The molecule has 0 bridgehead atoms. The standard InChI is InChI=1S/C7H2Br3F3O2.C7H5F3O2/c8-2-1-3(15-7(11,12)13)4(9)5(10)6(2)14;8-7(9,10)12-6-3-1-5(11)2-4-6/h1,14H;1-4,11H/i;1D,2D,3D. The van der Waals surface area contributed by atoms with Crippen molar-refractivity contribution in [1.82, 2.24) is 0 Å². The molecule has 0 spiro atoms. The van der Waals surface area contributed by atoms with Gasteiger partial charge in [0.2, 0.25) is 0 Å². The van der Waals surface area contributed by atoms with Crippen molar-refractivity contribution >= 4 is 47.8 Å². The van der Waals surface area contributed by atoms with Gasteiger partial charge in [-0.15, -0.1) is 26.3 Å². The van der Waals surface area contributed by atoms with Gasteiger partial charge in [0.05, 0.1) is 17.5 Å². The number of phenols is 2. The molecule has 13 heteroatoms. The molecule has 0 heterocycles. The van der Waals surface area contributed by atoms with Gasteiger partial charge in [-0.25, -0.2) is 0 Å². The molecule has 0 saturated carbocycles. The molecule has 0 saturated heterocycles. The maximum absolute atomic E-state index is 11.9. The fourth-order valence-corrected chi connectivity index (χ4v) is 2.73. The second-order valence-electron chi connectivity index (χ2n) is 4.18. The molecule has 2 aromatic rings. The van der Waals surface area contributed by atoms with E-state index < -0.39 is 48.1 Å². The first-order valence-electron chi connectivity index (χ1n) is 7.62. The van der Waals surface area contributed by atoms with Crippen molar-refractivity contribution in [3.05, 3.63) is 43.7 Å². The number of rotatable bonds is 2. The van der Waals surface area contributed by atoms with Crippen LogP contribution in [0.5, 0.6) is 23.0 Å². The zero-order chi connectivity index (χ0) is 23.6. The number of halogens is 9. The Kier molecular flexibility index (Phi) is 6.50. The molecule has 0 aliphatic carbocycles. The van der Waals surface area contributed by atoms with Crippen molar-refractivity contribution in [3.63, 3.8) is 0 Å². The first-order valence-corrected chi connectivity index (χ1v) is 8.50. The fourth-order valence-electron chi connectivity index (χ4n) is 1.27. The first-order chi connectivity index (χ1) is 13.4. The van der Waals surface area contributed by atoms with Crippen LogP contribution in [0.4, 0.5) is 26.3 Å². The molecule has 0 aromatic heterocycles. The quantitative estimate of drug-likeness (QED) is 0.294. The highest BCUT2D eigenvalue weighted by molar-refractivity contribution is 9.13. The van der Waals surface area contributed by atoms with E-state index in [1.165, 1.54) is 0 Å². The number of ether oxygens (including phenoxy) is 2. The number of aromatic hydroxyl groups is 2. The lowest BCUT2D eigenvalue weighted by atomic mass is 10.3. The van der Waals surface area contributed by atoms with Crippen LogP contribution in [0.3, 0.4) is 0 Å². The van der Waals surface area contributed by atoms with Crippen LogP contribution in [-0.2, 0) is 0 Å². The van der Waals surface area contributed by atoms with Crippen LogP contribution in [-0.4, -0.2) is 22.9 Å². The second-order valence-corrected chi connectivity index (χ2v) is 6.62. The minimum Gasteiger partial charge on any atom is -0.508 e. The van der Waals surface area contributed by atoms with Gasteiger partial charge in [0, 0.05) is 0 Å². The van der Waals surface area contributed by atoms with Crippen molar-refractivity contribution in [3.8, 4) is 23.0 Å². The largest absolute Gasteiger partial charge is 0.573 e. The normalized spacial score (nSPS) is 13.0. The molecule has 0 aliphatic heterocycles. The molecule has 0 aliphatic rings. The molecule has 0 amide bonds. The lowest BCUT2D eigenvalue weighted by Crippen LogP contribution is -2.17. The maximum Gasteiger partial charge on any atom is 0.573 e. The third-order valence-electron chi connectivity index (χ3n) is 2.20. The number of hydrogen-bond donors (Lipinski definition) is 2. The Morgan fingerprint density at radius 1 is 0.852 bits per heavy atom. The van der Waals surface area contributed by atoms with Gasteiger partial charge in [-0.2, -0.15) is 0 Å². The van der Waals surface area contributed by atoms with Crippen LogP contribution in [0.15, 0.2) is 43.7 Å². The summed E-state index contributed by atoms with van der Waals surface area (Å²) in [4.78, 5) is 0. The predicted molar refractivity (Wildman–Crippen MR) is 92.7 cm³/mol. The highest BCUT2D eigenvalue weighted by atomic mass is 79.9. The lowest BCUT2D eigenvalue weighted by molar-refractivity contribution is -0.275. The molecular formula is C14H7Br3F6O4. The third-order valence-corrected chi connectivity index (χ3v) is 4.89. The van der Waals surface area contributed by atoms with E-state index in [0.29, 0.717) is 6.07 Å². The summed E-state index contributed by atoms with van der Waals surface area (Å²) in [6, 6.07) is -0.946. The molecule has 2 rings (SSSR count). The highest BCUT2D eigenvalue weighted by Crippen LogP contribution is 2.44. The summed E-state index contributed by atoms with van der Waals surface area (Å²) >= 11 is 8.67. The van der Waals surface area contributed by atoms with Crippen molar-refractivity contribution in [2.45, 2.75) is 12.7 Å². The SMILES string of the molecule is Oc1c(Br)cc(OC(F)(F)F)c(Br)c1Br.[2H]c1cc(OC(F)(F)F)c([2H])c([2H])c1O. The van der Waals surface area contributed by atoms with Gasteiger partial charge < -0.3 is 19.7 Å². The summed E-state index contributed by atoms with van der Waals surface area (Å²) in [6.45, 7) is 0. The van der Waals surface area contributed by atoms with E-state index in [2.05, 4.69) is 57.3 Å². The Hall–Kier alpha value is -1.34. The monoisotopic (exact) mass is 593 g/mol. The molecule has 0 unspecified atom stereocenters. The average Bonchev–Trinajstić information content (AvgIpc) is 2.59. The van der Waals surface area contributed by atoms with Gasteiger partial charge in [-0.1, -0.05) is 0 Å². The second kappa shape index (κ2) is 9.24. The summed E-state index contributed by atoms with van der Waals surface area (Å²) in [5.74, 6) is -2.49. The van der Waals surface area contributed by atoms with Crippen LogP contribution in [0.2, 0.25) is 0 Å². The van der Waals surface area contributed by atoms with Crippen molar-refractivity contribution in [2.24, 2.45) is 0 Å². The smallest absolute Gasteiger partial charge is 0.508 e. The Morgan fingerprint density at radius 3 is 1.93 bits per heavy atom. The van der Waals surface area contributed by atoms with Gasteiger partial charge in [0.15, 0.2) is 0 Å². The summed E-state index contributed by atoms with van der Waals surface area (Å²) in [6.07, 6.45) is -9.77. The van der Waals surface area contributed by atoms with Gasteiger partial charge >= 0.3 is 12.7 Å². The minimum absolute atomic E-state index is 0.0134. The van der Waals surface area contributed by atoms with E-state index >= 15 is 0 Å². The van der Waals surface area contributed by atoms with E-state index in [0.717, 1.165) is 6.07 Å². The number of phenolic OH excluding ortho intramolecular Hbond substituents is 2. The molecule has 2 aromatic carbocycles. The number of alkyl halides is 6. The molecule has 4 nitrogen and oxygen atoms in total. The van der Waals surface area contributed by atoms with Crippen molar-refractivity contribution in [2.75, 3.05) is 0 Å². The molecule has 0 radical (unpaired) electrons. The zero-order valence-corrected chi connectivity index (χ0v) is 17.0. The van der Waals surface area contributed by atoms with Crippen molar-refractivity contribution < 1.29 is 50.1 Å². The molecule has 2 N–H and O–H groups in total. The van der Waals surface area contributed by atoms with Crippen LogP contribution < -0.4 is 9.47 Å². The maximum atomic E-state index is 11.9. The van der Waals surface area contributed by atoms with Crippen LogP contribution >= 0.6 is 47.8 Å². The molecule has 0 fully saturated rings. The molecule has 150 valence electrons. The van der Waals surface area contributed by atoms with Gasteiger partial charge in [-0.3, -0.25) is 0 Å². The Balaban J connectivity index is 0.000000300. The Bertz CT molecular complexity index is 866. The van der Waals surface area contributed by atoms with E-state index in [1.807, 2.05) is 0 Å². The van der Waals surface area contributed by atoms with Gasteiger partial charge in [0.25, 0.3) is 0 Å². The number of hydrogen-bond acceptors (Lipinski definition) is 4. The summed E-state index contributed by atoms with van der Waals surface area (Å²) in [5, 5.41) is 18.3. The van der Waals surface area contributed by atoms with Crippen LogP contribution in [0.1, 0.15) is 4.11 Å². The predicted octanol–water partition coefficient (Wildman–Crippen LogP) is 6.87. The zero-order valence-electron chi connectivity index (χ0n) is 15.3. The Morgan fingerprint density at radius 2 is 1.41 bits per heavy atom. The highest BCUT2D eigenvalue weighted by Gasteiger charge is 2.33. The van der Waals surface area contributed by atoms with Crippen LogP contribution in [0, 0.1) is 0 Å². The molecular weight excluding hydrogens is 586 g/mol. The summed E-state index contributed by atoms with van der Waals surface area (Å²) < 4.78 is 99.6. The Labute approximate surface area is 177 Å². The summed E-state index contributed by atoms with van der Waals surface area (Å²) in [7, 11) is 0. The van der Waals surface area contributed by atoms with Gasteiger partial charge in [-0.05, 0) is 78.0 Å². The number of benzene rings is 2. The van der Waals surface area contributed by atoms with E-state index in [9.17, 15) is 31.4 Å². The minimum atomic E-state index is -4.99. The fraction of sp³-hybridized carbons (Fsp3) is 0.143. The average molecular weight is 596 g/mol. The van der Waals surface area contributed by atoms with E-state index in [1.54, 1.807) is 0 Å². The lowest BCUT2D eigenvalue weighted by Gasteiger charge is -2.12. The molecule has 27 heavy (non-hydrogen) atoms. The topological polar surface area (TPSA) is 58.9 Å². The van der Waals surface area contributed by atoms with Gasteiger partial charge in [0.1, 0.15) is 23.0 Å². The van der Waals surface area contributed by atoms with Crippen LogP contribution in [0.25, 0.3) is 0 Å². The van der Waals surface area contributed by atoms with Crippen molar-refractivity contribution in [1.29, 1.82) is 0 Å². The van der Waals surface area contributed by atoms with E-state index in [4.69, 9.17) is 9.22 Å². The molecule has 0 atom stereocenters. The first kappa shape index (κ1) is 19.0. The summed E-state index contributed by atoms with van der Waals surface area (Å²) in [5.41, 5.74) is 0.